The second kappa shape index (κ2) is 10.3. The van der Waals surface area contributed by atoms with E-state index in [2.05, 4.69) is 0 Å². The molecule has 7 nitrogen and oxygen atoms in total. The molecular weight excluding hydrogens is 466 g/mol. The van der Waals surface area contributed by atoms with E-state index >= 15 is 0 Å². The molecule has 0 saturated carbocycles. The van der Waals surface area contributed by atoms with Crippen LogP contribution in [0.15, 0.2) is 91.0 Å². The largest absolute Gasteiger partial charge is 0.358 e. The first-order valence-electron chi connectivity index (χ1n) is 11.3. The van der Waals surface area contributed by atoms with E-state index in [9.17, 15) is 13.2 Å². The third-order valence-corrected chi connectivity index (χ3v) is 6.48. The van der Waals surface area contributed by atoms with Crippen LogP contribution in [0.1, 0.15) is 16.7 Å². The Kier molecular flexibility index (Phi) is 7.37. The Morgan fingerprint density at radius 2 is 1.31 bits per heavy atom. The van der Waals surface area contributed by atoms with Crippen molar-refractivity contribution >= 4 is 16.0 Å². The smallest absolute Gasteiger partial charge is 0.264 e. The quantitative estimate of drug-likeness (QED) is 0.244. The predicted molar refractivity (Wildman–Crippen MR) is 132 cm³/mol. The van der Waals surface area contributed by atoms with Gasteiger partial charge >= 0.3 is 0 Å². The first kappa shape index (κ1) is 25.1. The van der Waals surface area contributed by atoms with Crippen molar-refractivity contribution in [2.24, 2.45) is 0 Å². The van der Waals surface area contributed by atoms with Gasteiger partial charge in [0.1, 0.15) is 17.8 Å². The minimum atomic E-state index is -3.84. The van der Waals surface area contributed by atoms with Crippen molar-refractivity contribution in [3.05, 3.63) is 108 Å². The number of carbonyl (C=O) groups is 1. The maximum Gasteiger partial charge on any atom is 0.264 e. The van der Waals surface area contributed by atoms with Crippen LogP contribution in [-0.2, 0) is 34.2 Å². The summed E-state index contributed by atoms with van der Waals surface area (Å²) in [4.78, 5) is 13.8. The van der Waals surface area contributed by atoms with E-state index in [4.69, 9.17) is 13.7 Å². The number of nitrogens with zero attached hydrogens (tertiary/aromatic N) is 1. The summed E-state index contributed by atoms with van der Waals surface area (Å²) >= 11 is 0. The molecule has 0 N–H and O–H groups in total. The standard InChI is InChI=1S/C27H29NO6S/c1-28(2)26(29)25-24(33-25)23(34-35(3,30)31)19-32-27(20-13-7-4-8-14-20,21-15-9-5-10-16-21)22-17-11-6-12-18-22/h4-18,23-25H,19H2,1-3H3/t23-,24-,25+/m1/s1. The van der Waals surface area contributed by atoms with Gasteiger partial charge in [-0.3, -0.25) is 8.98 Å². The average Bonchev–Trinajstić information content (AvgIpc) is 3.65. The summed E-state index contributed by atoms with van der Waals surface area (Å²) in [5.74, 6) is -0.252. The molecule has 0 radical (unpaired) electrons. The van der Waals surface area contributed by atoms with Crippen LogP contribution in [0.4, 0.5) is 0 Å². The monoisotopic (exact) mass is 495 g/mol. The fourth-order valence-corrected chi connectivity index (χ4v) is 4.85. The van der Waals surface area contributed by atoms with E-state index in [1.807, 2.05) is 91.0 Å². The van der Waals surface area contributed by atoms with Crippen molar-refractivity contribution in [2.75, 3.05) is 27.0 Å². The highest BCUT2D eigenvalue weighted by Gasteiger charge is 2.53. The van der Waals surface area contributed by atoms with E-state index < -0.39 is 34.0 Å². The second-order valence-electron chi connectivity index (χ2n) is 8.68. The summed E-state index contributed by atoms with van der Waals surface area (Å²) in [6, 6.07) is 29.2. The highest BCUT2D eigenvalue weighted by atomic mass is 32.2. The van der Waals surface area contributed by atoms with Crippen LogP contribution in [0.5, 0.6) is 0 Å². The van der Waals surface area contributed by atoms with Crippen molar-refractivity contribution in [3.8, 4) is 0 Å². The van der Waals surface area contributed by atoms with Crippen LogP contribution < -0.4 is 0 Å². The number of ether oxygens (including phenoxy) is 2. The van der Waals surface area contributed by atoms with Crippen molar-refractivity contribution in [2.45, 2.75) is 23.9 Å². The predicted octanol–water partition coefficient (Wildman–Crippen LogP) is 3.20. The van der Waals surface area contributed by atoms with Gasteiger partial charge in [0.05, 0.1) is 12.9 Å². The van der Waals surface area contributed by atoms with Gasteiger partial charge in [0.25, 0.3) is 16.0 Å². The molecule has 184 valence electrons. The lowest BCUT2D eigenvalue weighted by molar-refractivity contribution is -0.130. The molecule has 1 saturated heterocycles. The molecule has 3 aromatic rings. The fourth-order valence-electron chi connectivity index (χ4n) is 4.24. The topological polar surface area (TPSA) is 85.4 Å². The zero-order valence-corrected chi connectivity index (χ0v) is 20.7. The van der Waals surface area contributed by atoms with E-state index in [1.54, 1.807) is 14.1 Å². The lowest BCUT2D eigenvalue weighted by Crippen LogP contribution is -2.40. The second-order valence-corrected chi connectivity index (χ2v) is 10.3. The van der Waals surface area contributed by atoms with Crippen LogP contribution >= 0.6 is 0 Å². The Labute approximate surface area is 206 Å². The Balaban J connectivity index is 1.76. The number of likely N-dealkylation sites (N-methyl/N-ethyl adjacent to an activating group) is 1. The summed E-state index contributed by atoms with van der Waals surface area (Å²) in [5.41, 5.74) is 1.55. The van der Waals surface area contributed by atoms with Crippen LogP contribution in [0, 0.1) is 0 Å². The molecule has 3 atom stereocenters. The summed E-state index contributed by atoms with van der Waals surface area (Å²) in [5, 5.41) is 0. The lowest BCUT2D eigenvalue weighted by atomic mass is 9.80. The summed E-state index contributed by atoms with van der Waals surface area (Å²) < 4.78 is 41.8. The minimum absolute atomic E-state index is 0.131. The van der Waals surface area contributed by atoms with Gasteiger partial charge in [-0.1, -0.05) is 91.0 Å². The molecule has 1 amide bonds. The van der Waals surface area contributed by atoms with Gasteiger partial charge in [0.15, 0.2) is 6.10 Å². The number of benzene rings is 3. The Morgan fingerprint density at radius 1 is 0.886 bits per heavy atom. The number of hydrogen-bond acceptors (Lipinski definition) is 6. The van der Waals surface area contributed by atoms with Crippen LogP contribution in [0.25, 0.3) is 0 Å². The molecule has 0 aromatic heterocycles. The molecule has 0 spiro atoms. The Morgan fingerprint density at radius 3 is 1.69 bits per heavy atom. The van der Waals surface area contributed by atoms with E-state index in [-0.39, 0.29) is 12.5 Å². The van der Waals surface area contributed by atoms with Gasteiger partial charge in [0.2, 0.25) is 0 Å². The molecule has 35 heavy (non-hydrogen) atoms. The molecule has 4 rings (SSSR count). The summed E-state index contributed by atoms with van der Waals surface area (Å²) in [7, 11) is -0.604. The van der Waals surface area contributed by atoms with Gasteiger partial charge in [-0.05, 0) is 16.7 Å². The SMILES string of the molecule is CN(C)C(=O)[C@H]1O[C@@H]1[C@@H](COC(c1ccccc1)(c1ccccc1)c1ccccc1)OS(C)(=O)=O. The molecule has 1 aliphatic rings. The summed E-state index contributed by atoms with van der Waals surface area (Å²) in [6.45, 7) is -0.131. The van der Waals surface area contributed by atoms with E-state index in [0.29, 0.717) is 0 Å². The van der Waals surface area contributed by atoms with Crippen molar-refractivity contribution in [3.63, 3.8) is 0 Å². The maximum atomic E-state index is 12.4. The number of epoxide rings is 1. The highest BCUT2D eigenvalue weighted by molar-refractivity contribution is 7.86. The molecule has 0 bridgehead atoms. The van der Waals surface area contributed by atoms with E-state index in [0.717, 1.165) is 22.9 Å². The highest BCUT2D eigenvalue weighted by Crippen LogP contribution is 2.41. The van der Waals surface area contributed by atoms with Crippen molar-refractivity contribution in [1.29, 1.82) is 0 Å². The van der Waals surface area contributed by atoms with Crippen LogP contribution in [0.3, 0.4) is 0 Å². The zero-order valence-electron chi connectivity index (χ0n) is 19.9. The molecule has 1 aliphatic heterocycles. The molecule has 1 fully saturated rings. The zero-order chi connectivity index (χ0) is 25.1. The van der Waals surface area contributed by atoms with Gasteiger partial charge in [-0.2, -0.15) is 8.42 Å². The molecule has 0 unspecified atom stereocenters. The Hall–Kier alpha value is -3.04. The van der Waals surface area contributed by atoms with Crippen molar-refractivity contribution in [1.82, 2.24) is 4.90 Å². The average molecular weight is 496 g/mol. The molecule has 3 aromatic carbocycles. The molecule has 1 heterocycles. The third-order valence-electron chi connectivity index (χ3n) is 5.88. The minimum Gasteiger partial charge on any atom is -0.358 e. The van der Waals surface area contributed by atoms with Crippen LogP contribution in [-0.4, -0.2) is 64.5 Å². The molecule has 0 aliphatic carbocycles. The van der Waals surface area contributed by atoms with Gasteiger partial charge in [-0.25, -0.2) is 0 Å². The third kappa shape index (κ3) is 5.62. The normalized spacial score (nSPS) is 18.6. The first-order valence-corrected chi connectivity index (χ1v) is 13.1. The summed E-state index contributed by atoms with van der Waals surface area (Å²) in [6.07, 6.45) is -1.54. The van der Waals surface area contributed by atoms with Gasteiger partial charge in [0, 0.05) is 14.1 Å². The molecule has 8 heteroatoms. The number of amides is 1. The first-order chi connectivity index (χ1) is 16.7. The van der Waals surface area contributed by atoms with Crippen LogP contribution in [0.2, 0.25) is 0 Å². The molecular formula is C27H29NO6S. The van der Waals surface area contributed by atoms with Gasteiger partial charge in [-0.15, -0.1) is 0 Å². The maximum absolute atomic E-state index is 12.4. The van der Waals surface area contributed by atoms with Gasteiger partial charge < -0.3 is 14.4 Å². The Bertz CT molecular complexity index is 1140. The van der Waals surface area contributed by atoms with Crippen molar-refractivity contribution < 1.29 is 26.9 Å². The fraction of sp³-hybridized carbons (Fsp3) is 0.296. The van der Waals surface area contributed by atoms with E-state index in [1.165, 1.54) is 4.90 Å². The number of rotatable bonds is 10. The lowest BCUT2D eigenvalue weighted by Gasteiger charge is -2.36. The number of carbonyl (C=O) groups excluding carboxylic acids is 1. The number of hydrogen-bond donors (Lipinski definition) is 0.